The molecule has 6 nitrogen and oxygen atoms in total. The zero-order valence-corrected chi connectivity index (χ0v) is 13.2. The average Bonchev–Trinajstić information content (AvgIpc) is 3.08. The Morgan fingerprint density at radius 2 is 2.09 bits per heavy atom. The summed E-state index contributed by atoms with van der Waals surface area (Å²) in [5, 5.41) is 13.2. The summed E-state index contributed by atoms with van der Waals surface area (Å²) in [6.07, 6.45) is 0. The number of amides is 1. The SMILES string of the molecule is O=C1Nc2ccc(I)cc2C1=C=Nc1ccc2nn[nH]c2c1. The van der Waals surface area contributed by atoms with Gasteiger partial charge in [-0.05, 0) is 59.0 Å². The molecule has 0 saturated heterocycles. The van der Waals surface area contributed by atoms with Crippen LogP contribution in [0.1, 0.15) is 5.56 Å². The molecular weight excluding hydrogens is 393 g/mol. The maximum absolute atomic E-state index is 12.0. The van der Waals surface area contributed by atoms with Crippen molar-refractivity contribution in [1.82, 2.24) is 15.4 Å². The number of nitrogens with one attached hydrogen (secondary N) is 2. The summed E-state index contributed by atoms with van der Waals surface area (Å²) in [4.78, 5) is 16.3. The monoisotopic (exact) mass is 401 g/mol. The molecule has 0 unspecified atom stereocenters. The van der Waals surface area contributed by atoms with Crippen molar-refractivity contribution < 1.29 is 4.79 Å². The predicted molar refractivity (Wildman–Crippen MR) is 92.2 cm³/mol. The number of hydrogen-bond donors (Lipinski definition) is 2. The second-order valence-corrected chi connectivity index (χ2v) is 6.00. The minimum atomic E-state index is -0.190. The Bertz CT molecular complexity index is 985. The zero-order chi connectivity index (χ0) is 15.1. The molecule has 7 heteroatoms. The summed E-state index contributed by atoms with van der Waals surface area (Å²) in [5.41, 5.74) is 4.29. The predicted octanol–water partition coefficient (Wildman–Crippen LogP) is 2.90. The molecule has 0 spiro atoms. The van der Waals surface area contributed by atoms with Crippen molar-refractivity contribution in [2.75, 3.05) is 5.32 Å². The molecule has 1 aliphatic rings. The maximum Gasteiger partial charge on any atom is 0.265 e. The first kappa shape index (κ1) is 13.2. The Kier molecular flexibility index (Phi) is 3.02. The van der Waals surface area contributed by atoms with E-state index in [1.54, 1.807) is 6.07 Å². The van der Waals surface area contributed by atoms with Crippen LogP contribution in [-0.4, -0.2) is 27.2 Å². The van der Waals surface area contributed by atoms with Gasteiger partial charge in [0.2, 0.25) is 0 Å². The molecule has 2 N–H and O–H groups in total. The highest BCUT2D eigenvalue weighted by Crippen LogP contribution is 2.31. The Hall–Kier alpha value is -2.51. The number of fused-ring (bicyclic) bond motifs is 2. The number of carbonyl (C=O) groups excluding carboxylic acids is 1. The van der Waals surface area contributed by atoms with Gasteiger partial charge in [0.15, 0.2) is 0 Å². The fraction of sp³-hybridized carbons (Fsp3) is 0. The molecule has 106 valence electrons. The number of benzene rings is 2. The molecule has 22 heavy (non-hydrogen) atoms. The van der Waals surface area contributed by atoms with Crippen molar-refractivity contribution in [2.24, 2.45) is 4.99 Å². The van der Waals surface area contributed by atoms with Crippen LogP contribution in [0.15, 0.2) is 41.4 Å². The number of aromatic amines is 1. The number of carbonyl (C=O) groups is 1. The van der Waals surface area contributed by atoms with E-state index >= 15 is 0 Å². The number of hydrogen-bond acceptors (Lipinski definition) is 4. The smallest absolute Gasteiger partial charge is 0.265 e. The van der Waals surface area contributed by atoms with Crippen LogP contribution in [0.3, 0.4) is 0 Å². The van der Waals surface area contributed by atoms with Gasteiger partial charge in [0.25, 0.3) is 5.91 Å². The lowest BCUT2D eigenvalue weighted by Crippen LogP contribution is -2.03. The molecule has 1 amide bonds. The topological polar surface area (TPSA) is 83.0 Å². The van der Waals surface area contributed by atoms with Crippen LogP contribution >= 0.6 is 22.6 Å². The van der Waals surface area contributed by atoms with E-state index in [2.05, 4.69) is 54.2 Å². The van der Waals surface area contributed by atoms with Crippen LogP contribution in [-0.2, 0) is 4.79 Å². The van der Waals surface area contributed by atoms with E-state index in [-0.39, 0.29) is 5.91 Å². The Morgan fingerprint density at radius 1 is 1.18 bits per heavy atom. The highest BCUT2D eigenvalue weighted by molar-refractivity contribution is 14.1. The molecule has 0 aliphatic carbocycles. The third-order valence-corrected chi connectivity index (χ3v) is 4.00. The van der Waals surface area contributed by atoms with Crippen LogP contribution in [0.5, 0.6) is 0 Å². The van der Waals surface area contributed by atoms with Gasteiger partial charge < -0.3 is 5.32 Å². The van der Waals surface area contributed by atoms with Crippen LogP contribution in [0.25, 0.3) is 16.6 Å². The fourth-order valence-corrected chi connectivity index (χ4v) is 2.77. The highest BCUT2D eigenvalue weighted by Gasteiger charge is 2.24. The zero-order valence-electron chi connectivity index (χ0n) is 11.1. The van der Waals surface area contributed by atoms with E-state index in [9.17, 15) is 4.79 Å². The lowest BCUT2D eigenvalue weighted by molar-refractivity contribution is -0.110. The molecule has 3 aromatic rings. The minimum Gasteiger partial charge on any atom is -0.321 e. The van der Waals surface area contributed by atoms with E-state index in [1.165, 1.54) is 0 Å². The standard InChI is InChI=1S/C15H8IN5O/c16-8-1-3-12-10(5-8)11(15(22)18-12)7-17-9-2-4-13-14(6-9)20-21-19-13/h1-6H,(H,18,22)(H,19,20,21). The number of aromatic nitrogens is 3. The summed E-state index contributed by atoms with van der Waals surface area (Å²) in [7, 11) is 0. The third kappa shape index (κ3) is 2.20. The van der Waals surface area contributed by atoms with Gasteiger partial charge in [0.05, 0.1) is 11.2 Å². The van der Waals surface area contributed by atoms with E-state index in [1.807, 2.05) is 30.3 Å². The number of aliphatic imine (C=N–C) groups is 1. The molecular formula is C15H8IN5O. The molecule has 2 heterocycles. The first-order valence-electron chi connectivity index (χ1n) is 6.46. The quantitative estimate of drug-likeness (QED) is 0.374. The van der Waals surface area contributed by atoms with Gasteiger partial charge in [-0.3, -0.25) is 9.89 Å². The van der Waals surface area contributed by atoms with E-state index in [0.717, 1.165) is 25.9 Å². The number of halogens is 1. The Balaban J connectivity index is 1.82. The van der Waals surface area contributed by atoms with Crippen LogP contribution < -0.4 is 5.32 Å². The van der Waals surface area contributed by atoms with Crippen LogP contribution in [0.4, 0.5) is 11.4 Å². The van der Waals surface area contributed by atoms with Crippen molar-refractivity contribution in [1.29, 1.82) is 0 Å². The highest BCUT2D eigenvalue weighted by atomic mass is 127. The molecule has 0 atom stereocenters. The van der Waals surface area contributed by atoms with Crippen molar-refractivity contribution in [2.45, 2.75) is 0 Å². The summed E-state index contributed by atoms with van der Waals surface area (Å²) >= 11 is 2.21. The summed E-state index contributed by atoms with van der Waals surface area (Å²) < 4.78 is 1.05. The van der Waals surface area contributed by atoms with Gasteiger partial charge in [-0.2, -0.15) is 0 Å². The third-order valence-electron chi connectivity index (χ3n) is 3.33. The first-order valence-corrected chi connectivity index (χ1v) is 7.54. The molecule has 1 aromatic heterocycles. The van der Waals surface area contributed by atoms with Crippen molar-refractivity contribution in [3.8, 4) is 0 Å². The first-order chi connectivity index (χ1) is 10.7. The normalized spacial score (nSPS) is 13.0. The van der Waals surface area contributed by atoms with Gasteiger partial charge in [-0.1, -0.05) is 5.21 Å². The second kappa shape index (κ2) is 5.04. The summed E-state index contributed by atoms with van der Waals surface area (Å²) in [6, 6.07) is 11.2. The van der Waals surface area contributed by atoms with Crippen molar-refractivity contribution in [3.63, 3.8) is 0 Å². The molecule has 1 aliphatic heterocycles. The van der Waals surface area contributed by atoms with E-state index in [4.69, 9.17) is 0 Å². The average molecular weight is 401 g/mol. The number of H-pyrrole nitrogens is 1. The lowest BCUT2D eigenvalue weighted by Gasteiger charge is -1.96. The summed E-state index contributed by atoms with van der Waals surface area (Å²) in [5.74, 6) is 2.67. The van der Waals surface area contributed by atoms with E-state index in [0.29, 0.717) is 11.3 Å². The van der Waals surface area contributed by atoms with Crippen molar-refractivity contribution >= 4 is 62.3 Å². The Labute approximate surface area is 138 Å². The van der Waals surface area contributed by atoms with Gasteiger partial charge in [-0.25, -0.2) is 4.99 Å². The molecule has 0 saturated carbocycles. The molecule has 0 fully saturated rings. The molecule has 2 aromatic carbocycles. The lowest BCUT2D eigenvalue weighted by atomic mass is 10.1. The number of nitrogens with zero attached hydrogens (tertiary/aromatic N) is 3. The van der Waals surface area contributed by atoms with Gasteiger partial charge >= 0.3 is 0 Å². The Morgan fingerprint density at radius 3 is 3.00 bits per heavy atom. The minimum absolute atomic E-state index is 0.190. The maximum atomic E-state index is 12.0. The number of rotatable bonds is 1. The van der Waals surface area contributed by atoms with Crippen LogP contribution in [0.2, 0.25) is 0 Å². The fourth-order valence-electron chi connectivity index (χ4n) is 2.27. The van der Waals surface area contributed by atoms with Gasteiger partial charge in [0.1, 0.15) is 11.1 Å². The van der Waals surface area contributed by atoms with Gasteiger partial charge in [-0.15, -0.1) is 5.10 Å². The van der Waals surface area contributed by atoms with Crippen molar-refractivity contribution in [3.05, 3.63) is 45.5 Å². The largest absolute Gasteiger partial charge is 0.321 e. The molecule has 0 radical (unpaired) electrons. The number of anilines is 1. The van der Waals surface area contributed by atoms with E-state index < -0.39 is 0 Å². The van der Waals surface area contributed by atoms with Crippen LogP contribution in [0, 0.1) is 3.57 Å². The second-order valence-electron chi connectivity index (χ2n) is 4.76. The molecule has 4 rings (SSSR count). The van der Waals surface area contributed by atoms with Gasteiger partial charge in [0, 0.05) is 20.7 Å². The summed E-state index contributed by atoms with van der Waals surface area (Å²) in [6.45, 7) is 0. The molecule has 0 bridgehead atoms.